The Morgan fingerprint density at radius 1 is 0.935 bits per heavy atom. The minimum absolute atomic E-state index is 0.0665. The van der Waals surface area contributed by atoms with Gasteiger partial charge in [-0.3, -0.25) is 4.79 Å². The fraction of sp³-hybridized carbons (Fsp3) is 0.154. The van der Waals surface area contributed by atoms with E-state index in [1.807, 2.05) is 66.7 Å². The Kier molecular flexibility index (Phi) is 5.92. The Bertz CT molecular complexity index is 1210. The van der Waals surface area contributed by atoms with Gasteiger partial charge in [0.15, 0.2) is 0 Å². The van der Waals surface area contributed by atoms with Crippen LogP contribution in [0.3, 0.4) is 0 Å². The molecule has 0 aliphatic rings. The van der Waals surface area contributed by atoms with Gasteiger partial charge in [-0.2, -0.15) is 0 Å². The summed E-state index contributed by atoms with van der Waals surface area (Å²) in [5, 5.41) is 3.99. The van der Waals surface area contributed by atoms with Crippen molar-refractivity contribution in [2.45, 2.75) is 26.7 Å². The molecule has 0 spiro atoms. The summed E-state index contributed by atoms with van der Waals surface area (Å²) in [5.74, 6) is 1.19. The highest BCUT2D eigenvalue weighted by Gasteiger charge is 2.22. The van der Waals surface area contributed by atoms with Crippen molar-refractivity contribution in [2.24, 2.45) is 0 Å². The van der Waals surface area contributed by atoms with Crippen molar-refractivity contribution < 1.29 is 4.79 Å². The molecule has 2 aromatic carbocycles. The van der Waals surface area contributed by atoms with Gasteiger partial charge in [-0.05, 0) is 68.3 Å². The number of aromatic nitrogens is 2. The van der Waals surface area contributed by atoms with Gasteiger partial charge in [0.05, 0.1) is 5.92 Å². The SMILES string of the molecule is CC(=O)C(c1ccccc1)c1ccc(Cl)cc1Nc1cccc(-n2c(C)ccc2C)n1. The summed E-state index contributed by atoms with van der Waals surface area (Å²) in [6, 6.07) is 25.4. The fourth-order valence-corrected chi connectivity index (χ4v) is 4.12. The summed E-state index contributed by atoms with van der Waals surface area (Å²) in [7, 11) is 0. The van der Waals surface area contributed by atoms with Crippen LogP contribution in [0.2, 0.25) is 5.02 Å². The van der Waals surface area contributed by atoms with E-state index in [1.165, 1.54) is 0 Å². The van der Waals surface area contributed by atoms with Crippen molar-refractivity contribution in [3.05, 3.63) is 106 Å². The van der Waals surface area contributed by atoms with Crippen molar-refractivity contribution in [3.63, 3.8) is 0 Å². The van der Waals surface area contributed by atoms with Crippen molar-refractivity contribution in [2.75, 3.05) is 5.32 Å². The van der Waals surface area contributed by atoms with E-state index in [4.69, 9.17) is 16.6 Å². The van der Waals surface area contributed by atoms with Gasteiger partial charge in [0.2, 0.25) is 0 Å². The molecule has 2 heterocycles. The van der Waals surface area contributed by atoms with E-state index in [2.05, 4.69) is 35.9 Å². The fourth-order valence-electron chi connectivity index (χ4n) is 3.95. The Hall–Kier alpha value is -3.37. The van der Waals surface area contributed by atoms with E-state index >= 15 is 0 Å². The van der Waals surface area contributed by atoms with Crippen LogP contribution in [0.1, 0.15) is 35.4 Å². The molecule has 1 N–H and O–H groups in total. The molecule has 0 fully saturated rings. The number of carbonyl (C=O) groups excluding carboxylic acids is 1. The van der Waals surface area contributed by atoms with Crippen LogP contribution in [0.25, 0.3) is 5.82 Å². The molecule has 4 rings (SSSR count). The lowest BCUT2D eigenvalue weighted by Gasteiger charge is -2.20. The van der Waals surface area contributed by atoms with Gasteiger partial charge >= 0.3 is 0 Å². The van der Waals surface area contributed by atoms with Gasteiger partial charge in [0.1, 0.15) is 17.4 Å². The molecule has 156 valence electrons. The summed E-state index contributed by atoms with van der Waals surface area (Å²) >= 11 is 6.32. The molecule has 4 nitrogen and oxygen atoms in total. The minimum Gasteiger partial charge on any atom is -0.340 e. The number of nitrogens with zero attached hydrogens (tertiary/aromatic N) is 2. The molecule has 31 heavy (non-hydrogen) atoms. The number of aryl methyl sites for hydroxylation is 2. The number of Topliss-reactive ketones (excluding diaryl/α,β-unsaturated/α-hetero) is 1. The topological polar surface area (TPSA) is 46.9 Å². The van der Waals surface area contributed by atoms with E-state index in [9.17, 15) is 4.79 Å². The number of carbonyl (C=O) groups is 1. The maximum Gasteiger partial charge on any atom is 0.141 e. The molecule has 2 aromatic heterocycles. The zero-order valence-electron chi connectivity index (χ0n) is 17.8. The Labute approximate surface area is 187 Å². The monoisotopic (exact) mass is 429 g/mol. The first-order valence-corrected chi connectivity index (χ1v) is 10.6. The maximum absolute atomic E-state index is 12.6. The van der Waals surface area contributed by atoms with E-state index in [1.54, 1.807) is 6.92 Å². The van der Waals surface area contributed by atoms with Crippen LogP contribution in [0, 0.1) is 13.8 Å². The Morgan fingerprint density at radius 2 is 1.65 bits per heavy atom. The van der Waals surface area contributed by atoms with Crippen molar-refractivity contribution in [1.82, 2.24) is 9.55 Å². The second-order valence-electron chi connectivity index (χ2n) is 7.64. The van der Waals surface area contributed by atoms with Gasteiger partial charge in [-0.25, -0.2) is 4.98 Å². The van der Waals surface area contributed by atoms with E-state index in [-0.39, 0.29) is 5.78 Å². The standard InChI is InChI=1S/C26H24ClN3O/c1-17-12-13-18(2)30(17)25-11-7-10-24(29-25)28-23-16-21(27)14-15-22(23)26(19(3)31)20-8-5-4-6-9-20/h4-16,26H,1-3H3,(H,28,29). The van der Waals surface area contributed by atoms with Crippen LogP contribution in [-0.2, 0) is 4.79 Å². The highest BCUT2D eigenvalue weighted by molar-refractivity contribution is 6.31. The highest BCUT2D eigenvalue weighted by Crippen LogP contribution is 2.34. The summed E-state index contributed by atoms with van der Waals surface area (Å²) in [4.78, 5) is 17.4. The third kappa shape index (κ3) is 4.39. The zero-order valence-corrected chi connectivity index (χ0v) is 18.5. The quantitative estimate of drug-likeness (QED) is 0.375. The molecule has 0 bridgehead atoms. The Morgan fingerprint density at radius 3 is 2.32 bits per heavy atom. The lowest BCUT2D eigenvalue weighted by atomic mass is 9.87. The molecule has 0 aliphatic carbocycles. The second-order valence-corrected chi connectivity index (χ2v) is 8.08. The van der Waals surface area contributed by atoms with Gasteiger partial charge in [-0.1, -0.05) is 54.1 Å². The molecule has 5 heteroatoms. The smallest absolute Gasteiger partial charge is 0.141 e. The number of anilines is 2. The number of benzene rings is 2. The zero-order chi connectivity index (χ0) is 22.0. The molecule has 0 saturated heterocycles. The van der Waals surface area contributed by atoms with Crippen LogP contribution in [0.5, 0.6) is 0 Å². The number of ketones is 1. The normalized spacial score (nSPS) is 11.9. The number of hydrogen-bond acceptors (Lipinski definition) is 3. The molecular weight excluding hydrogens is 406 g/mol. The van der Waals surface area contributed by atoms with E-state index < -0.39 is 5.92 Å². The third-order valence-corrected chi connectivity index (χ3v) is 5.60. The predicted molar refractivity (Wildman–Crippen MR) is 127 cm³/mol. The van der Waals surface area contributed by atoms with Gasteiger partial charge in [0, 0.05) is 22.1 Å². The largest absolute Gasteiger partial charge is 0.340 e. The number of pyridine rings is 1. The summed E-state index contributed by atoms with van der Waals surface area (Å²) < 4.78 is 2.10. The van der Waals surface area contributed by atoms with Crippen LogP contribution in [0.15, 0.2) is 78.9 Å². The van der Waals surface area contributed by atoms with Crippen LogP contribution in [-0.4, -0.2) is 15.3 Å². The molecule has 1 unspecified atom stereocenters. The third-order valence-electron chi connectivity index (χ3n) is 5.36. The molecule has 0 radical (unpaired) electrons. The first kappa shape index (κ1) is 20.9. The average molecular weight is 430 g/mol. The van der Waals surface area contributed by atoms with Crippen molar-refractivity contribution in [3.8, 4) is 5.82 Å². The summed E-state index contributed by atoms with van der Waals surface area (Å²) in [6.07, 6.45) is 0. The minimum atomic E-state index is -0.391. The van der Waals surface area contributed by atoms with Gasteiger partial charge in [-0.15, -0.1) is 0 Å². The first-order chi connectivity index (χ1) is 14.9. The highest BCUT2D eigenvalue weighted by atomic mass is 35.5. The van der Waals surface area contributed by atoms with Gasteiger partial charge in [0.25, 0.3) is 0 Å². The molecule has 4 aromatic rings. The van der Waals surface area contributed by atoms with Crippen LogP contribution in [0.4, 0.5) is 11.5 Å². The van der Waals surface area contributed by atoms with Crippen molar-refractivity contribution in [1.29, 1.82) is 0 Å². The summed E-state index contributed by atoms with van der Waals surface area (Å²) in [6.45, 7) is 5.73. The predicted octanol–water partition coefficient (Wildman–Crippen LogP) is 6.61. The molecule has 0 saturated carbocycles. The summed E-state index contributed by atoms with van der Waals surface area (Å²) in [5.41, 5.74) is 4.81. The van der Waals surface area contributed by atoms with Crippen LogP contribution >= 0.6 is 11.6 Å². The van der Waals surface area contributed by atoms with Crippen molar-refractivity contribution >= 4 is 28.9 Å². The molecule has 0 aliphatic heterocycles. The number of rotatable bonds is 6. The molecule has 1 atom stereocenters. The van der Waals surface area contributed by atoms with E-state index in [0.717, 1.165) is 34.0 Å². The molecule has 0 amide bonds. The number of nitrogens with one attached hydrogen (secondary N) is 1. The number of halogens is 1. The first-order valence-electron chi connectivity index (χ1n) is 10.2. The van der Waals surface area contributed by atoms with Gasteiger partial charge < -0.3 is 9.88 Å². The average Bonchev–Trinajstić information content (AvgIpc) is 3.09. The number of hydrogen-bond donors (Lipinski definition) is 1. The second kappa shape index (κ2) is 8.78. The van der Waals surface area contributed by atoms with Crippen LogP contribution < -0.4 is 5.32 Å². The maximum atomic E-state index is 12.6. The lowest BCUT2D eigenvalue weighted by molar-refractivity contribution is -0.117. The van der Waals surface area contributed by atoms with E-state index in [0.29, 0.717) is 10.8 Å². The lowest BCUT2D eigenvalue weighted by Crippen LogP contribution is -2.13. The molecular formula is C26H24ClN3O. The Balaban J connectivity index is 1.76.